The summed E-state index contributed by atoms with van der Waals surface area (Å²) in [5, 5.41) is 6.16. The van der Waals surface area contributed by atoms with Crippen LogP contribution in [0.3, 0.4) is 0 Å². The number of rotatable bonds is 0. The standard InChI is InChI=1S/C24H28/c1-10-12(3)19-16(7)17(8)20-13(4)11(2)15(6)22-18(9)21(14(10)5)23(19)24(20)22/h18H,1-9H3. The van der Waals surface area contributed by atoms with E-state index < -0.39 is 0 Å². The normalized spacial score (nSPS) is 13.9. The molecule has 1 aliphatic carbocycles. The second-order valence-corrected chi connectivity index (χ2v) is 8.05. The van der Waals surface area contributed by atoms with Crippen molar-refractivity contribution in [2.45, 2.75) is 68.2 Å². The zero-order valence-corrected chi connectivity index (χ0v) is 16.6. The minimum absolute atomic E-state index is 0.504. The van der Waals surface area contributed by atoms with Gasteiger partial charge in [0.15, 0.2) is 0 Å². The topological polar surface area (TPSA) is 0 Å². The number of hydrogen-bond donors (Lipinski definition) is 0. The maximum Gasteiger partial charge on any atom is 0.00792 e. The fourth-order valence-electron chi connectivity index (χ4n) is 5.42. The molecule has 0 fully saturated rings. The van der Waals surface area contributed by atoms with Gasteiger partial charge < -0.3 is 0 Å². The number of aryl methyl sites for hydroxylation is 4. The van der Waals surface area contributed by atoms with E-state index in [0.29, 0.717) is 5.92 Å². The molecule has 0 bridgehead atoms. The van der Waals surface area contributed by atoms with Crippen molar-refractivity contribution in [1.29, 1.82) is 0 Å². The fourth-order valence-corrected chi connectivity index (χ4v) is 5.42. The van der Waals surface area contributed by atoms with Crippen molar-refractivity contribution in [3.05, 3.63) is 55.6 Å². The van der Waals surface area contributed by atoms with Crippen LogP contribution in [0, 0.1) is 55.4 Å². The first kappa shape index (κ1) is 15.7. The molecule has 24 heavy (non-hydrogen) atoms. The fraction of sp³-hybridized carbons (Fsp3) is 0.417. The highest BCUT2D eigenvalue weighted by Gasteiger charge is 2.32. The first-order chi connectivity index (χ1) is 11.2. The minimum Gasteiger partial charge on any atom is -0.0542 e. The monoisotopic (exact) mass is 316 g/mol. The lowest BCUT2D eigenvalue weighted by molar-refractivity contribution is 0.928. The second-order valence-electron chi connectivity index (χ2n) is 8.05. The molecule has 0 radical (unpaired) electrons. The van der Waals surface area contributed by atoms with Crippen molar-refractivity contribution in [1.82, 2.24) is 0 Å². The molecule has 0 aromatic heterocycles. The quantitative estimate of drug-likeness (QED) is 0.395. The van der Waals surface area contributed by atoms with Gasteiger partial charge in [0.25, 0.3) is 0 Å². The van der Waals surface area contributed by atoms with E-state index in [1.807, 2.05) is 0 Å². The summed E-state index contributed by atoms with van der Waals surface area (Å²) in [7, 11) is 0. The molecular formula is C24H28. The van der Waals surface area contributed by atoms with Gasteiger partial charge in [0.2, 0.25) is 0 Å². The van der Waals surface area contributed by atoms with Gasteiger partial charge in [0, 0.05) is 5.92 Å². The van der Waals surface area contributed by atoms with E-state index in [-0.39, 0.29) is 0 Å². The van der Waals surface area contributed by atoms with E-state index in [9.17, 15) is 0 Å². The lowest BCUT2D eigenvalue weighted by Gasteiger charge is -2.20. The van der Waals surface area contributed by atoms with Crippen LogP contribution in [-0.4, -0.2) is 0 Å². The Morgan fingerprint density at radius 3 is 1.00 bits per heavy atom. The van der Waals surface area contributed by atoms with Crippen LogP contribution >= 0.6 is 0 Å². The first-order valence-corrected chi connectivity index (χ1v) is 9.15. The van der Waals surface area contributed by atoms with Crippen molar-refractivity contribution in [3.63, 3.8) is 0 Å². The zero-order valence-electron chi connectivity index (χ0n) is 16.6. The van der Waals surface area contributed by atoms with Crippen LogP contribution in [0.5, 0.6) is 0 Å². The van der Waals surface area contributed by atoms with E-state index >= 15 is 0 Å². The molecule has 0 amide bonds. The molecule has 0 spiro atoms. The lowest BCUT2D eigenvalue weighted by atomic mass is 9.84. The molecular weight excluding hydrogens is 288 g/mol. The molecule has 0 heteroatoms. The van der Waals surface area contributed by atoms with Gasteiger partial charge in [0.1, 0.15) is 0 Å². The third kappa shape index (κ3) is 1.51. The third-order valence-electron chi connectivity index (χ3n) is 7.28. The average molecular weight is 316 g/mol. The molecule has 3 aromatic rings. The third-order valence-corrected chi connectivity index (χ3v) is 7.28. The molecule has 0 saturated heterocycles. The predicted octanol–water partition coefficient (Wildman–Crippen LogP) is 6.93. The Balaban J connectivity index is 2.49. The summed E-state index contributed by atoms with van der Waals surface area (Å²) in [4.78, 5) is 0. The summed E-state index contributed by atoms with van der Waals surface area (Å²) >= 11 is 0. The second kappa shape index (κ2) is 4.63. The van der Waals surface area contributed by atoms with Crippen molar-refractivity contribution in [2.75, 3.05) is 0 Å². The van der Waals surface area contributed by atoms with Crippen LogP contribution in [0.15, 0.2) is 0 Å². The molecule has 0 N–H and O–H groups in total. The van der Waals surface area contributed by atoms with E-state index in [1.54, 1.807) is 21.9 Å². The van der Waals surface area contributed by atoms with Gasteiger partial charge in [0.05, 0.1) is 0 Å². The lowest BCUT2D eigenvalue weighted by Crippen LogP contribution is -2.00. The van der Waals surface area contributed by atoms with E-state index in [4.69, 9.17) is 0 Å². The van der Waals surface area contributed by atoms with E-state index in [1.165, 1.54) is 55.3 Å². The van der Waals surface area contributed by atoms with Gasteiger partial charge >= 0.3 is 0 Å². The van der Waals surface area contributed by atoms with Crippen LogP contribution in [0.2, 0.25) is 0 Å². The summed E-state index contributed by atoms with van der Waals surface area (Å²) in [6, 6.07) is 0. The van der Waals surface area contributed by atoms with Crippen LogP contribution in [-0.2, 0) is 0 Å². The summed E-state index contributed by atoms with van der Waals surface area (Å²) < 4.78 is 0. The number of hydrogen-bond acceptors (Lipinski definition) is 0. The van der Waals surface area contributed by atoms with Crippen molar-refractivity contribution < 1.29 is 0 Å². The summed E-state index contributed by atoms with van der Waals surface area (Å²) in [5.74, 6) is 0.504. The zero-order chi connectivity index (χ0) is 17.7. The van der Waals surface area contributed by atoms with Crippen LogP contribution in [0.25, 0.3) is 21.5 Å². The van der Waals surface area contributed by atoms with Gasteiger partial charge in [-0.3, -0.25) is 0 Å². The van der Waals surface area contributed by atoms with Gasteiger partial charge in [-0.15, -0.1) is 0 Å². The van der Waals surface area contributed by atoms with Gasteiger partial charge in [-0.2, -0.15) is 0 Å². The Bertz CT molecular complexity index is 991. The highest BCUT2D eigenvalue weighted by atomic mass is 14.4. The summed E-state index contributed by atoms with van der Waals surface area (Å²) in [6.07, 6.45) is 0. The SMILES string of the molecule is Cc1c(C)c2c3c(c1C)c(C)c(C)c1c(C)c(C)c(C)c(c13)C2C. The molecule has 0 heterocycles. The molecule has 0 saturated carbocycles. The Kier molecular flexibility index (Phi) is 3.02. The maximum absolute atomic E-state index is 2.41. The smallest absolute Gasteiger partial charge is 0.00792 e. The predicted molar refractivity (Wildman–Crippen MR) is 107 cm³/mol. The molecule has 0 atom stereocenters. The van der Waals surface area contributed by atoms with Crippen molar-refractivity contribution >= 4 is 21.5 Å². The van der Waals surface area contributed by atoms with Gasteiger partial charge in [-0.25, -0.2) is 0 Å². The first-order valence-electron chi connectivity index (χ1n) is 9.15. The van der Waals surface area contributed by atoms with Crippen molar-refractivity contribution in [2.24, 2.45) is 0 Å². The minimum atomic E-state index is 0.504. The molecule has 124 valence electrons. The van der Waals surface area contributed by atoms with Crippen LogP contribution in [0.4, 0.5) is 0 Å². The Hall–Kier alpha value is -1.82. The average Bonchev–Trinajstić information content (AvgIpc) is 2.83. The highest BCUT2D eigenvalue weighted by molar-refractivity contribution is 6.19. The summed E-state index contributed by atoms with van der Waals surface area (Å²) in [6.45, 7) is 21.0. The van der Waals surface area contributed by atoms with E-state index in [0.717, 1.165) is 0 Å². The molecule has 0 nitrogen and oxygen atoms in total. The Labute approximate surface area is 145 Å². The van der Waals surface area contributed by atoms with Gasteiger partial charge in [-0.05, 0) is 133 Å². The molecule has 4 rings (SSSR count). The molecule has 0 aliphatic heterocycles. The molecule has 3 aromatic carbocycles. The van der Waals surface area contributed by atoms with Crippen LogP contribution in [0.1, 0.15) is 68.5 Å². The highest BCUT2D eigenvalue weighted by Crippen LogP contribution is 2.52. The summed E-state index contributed by atoms with van der Waals surface area (Å²) in [5.41, 5.74) is 15.0. The van der Waals surface area contributed by atoms with E-state index in [2.05, 4.69) is 62.3 Å². The molecule has 0 unspecified atom stereocenters. The van der Waals surface area contributed by atoms with Gasteiger partial charge in [-0.1, -0.05) is 6.92 Å². The number of benzene rings is 3. The maximum atomic E-state index is 2.41. The van der Waals surface area contributed by atoms with Crippen molar-refractivity contribution in [3.8, 4) is 0 Å². The largest absolute Gasteiger partial charge is 0.0542 e. The Morgan fingerprint density at radius 2 is 0.667 bits per heavy atom. The molecule has 1 aliphatic rings. The Morgan fingerprint density at radius 1 is 0.375 bits per heavy atom. The van der Waals surface area contributed by atoms with Crippen LogP contribution < -0.4 is 0 Å².